The molecule has 1 aromatic heterocycles. The Labute approximate surface area is 139 Å². The molecule has 0 saturated carbocycles. The van der Waals surface area contributed by atoms with Crippen molar-refractivity contribution >= 4 is 40.5 Å². The SMILES string of the molecule is CCCCNC(=O)c1cncc(Nc2cccc(Cl)c2Cl)c1. The fourth-order valence-corrected chi connectivity index (χ4v) is 2.22. The van der Waals surface area contributed by atoms with Gasteiger partial charge in [0.25, 0.3) is 5.91 Å². The second-order valence-corrected chi connectivity index (χ2v) is 5.58. The highest BCUT2D eigenvalue weighted by Gasteiger charge is 2.08. The van der Waals surface area contributed by atoms with Crippen LogP contribution >= 0.6 is 23.2 Å². The van der Waals surface area contributed by atoms with Gasteiger partial charge in [-0.25, -0.2) is 0 Å². The standard InChI is InChI=1S/C16H17Cl2N3O/c1-2-3-7-20-16(22)11-8-12(10-19-9-11)21-14-6-4-5-13(17)15(14)18/h4-6,8-10,21H,2-3,7H2,1H3,(H,20,22). The number of hydrogen-bond donors (Lipinski definition) is 2. The second kappa shape index (κ2) is 8.01. The van der Waals surface area contributed by atoms with E-state index >= 15 is 0 Å². The molecule has 0 aliphatic heterocycles. The number of amides is 1. The normalized spacial score (nSPS) is 10.3. The minimum Gasteiger partial charge on any atom is -0.353 e. The lowest BCUT2D eigenvalue weighted by atomic mass is 10.2. The first kappa shape index (κ1) is 16.6. The van der Waals surface area contributed by atoms with Gasteiger partial charge in [-0.3, -0.25) is 9.78 Å². The Kier molecular flexibility index (Phi) is 6.04. The number of rotatable bonds is 6. The van der Waals surface area contributed by atoms with Gasteiger partial charge in [0.2, 0.25) is 0 Å². The third-order valence-corrected chi connectivity index (χ3v) is 3.87. The molecule has 0 saturated heterocycles. The van der Waals surface area contributed by atoms with Crippen molar-refractivity contribution in [1.29, 1.82) is 0 Å². The number of anilines is 2. The number of carbonyl (C=O) groups excluding carboxylic acids is 1. The molecule has 2 N–H and O–H groups in total. The van der Waals surface area contributed by atoms with E-state index in [1.165, 1.54) is 6.20 Å². The summed E-state index contributed by atoms with van der Waals surface area (Å²) in [7, 11) is 0. The van der Waals surface area contributed by atoms with Crippen molar-refractivity contribution in [2.45, 2.75) is 19.8 Å². The second-order valence-electron chi connectivity index (χ2n) is 4.80. The molecule has 1 aromatic carbocycles. The summed E-state index contributed by atoms with van der Waals surface area (Å²) < 4.78 is 0. The molecule has 0 unspecified atom stereocenters. The lowest BCUT2D eigenvalue weighted by Gasteiger charge is -2.10. The smallest absolute Gasteiger partial charge is 0.252 e. The van der Waals surface area contributed by atoms with E-state index in [9.17, 15) is 4.79 Å². The van der Waals surface area contributed by atoms with E-state index < -0.39 is 0 Å². The average Bonchev–Trinajstić information content (AvgIpc) is 2.52. The van der Waals surface area contributed by atoms with Crippen LogP contribution in [0, 0.1) is 0 Å². The Morgan fingerprint density at radius 2 is 2.09 bits per heavy atom. The topological polar surface area (TPSA) is 54.0 Å². The first-order valence-corrected chi connectivity index (χ1v) is 7.81. The van der Waals surface area contributed by atoms with Crippen molar-refractivity contribution < 1.29 is 4.79 Å². The van der Waals surface area contributed by atoms with Crippen LogP contribution in [-0.4, -0.2) is 17.4 Å². The van der Waals surface area contributed by atoms with E-state index in [1.807, 2.05) is 6.07 Å². The van der Waals surface area contributed by atoms with Crippen molar-refractivity contribution in [3.05, 3.63) is 52.3 Å². The Hall–Kier alpha value is -1.78. The number of aromatic nitrogens is 1. The van der Waals surface area contributed by atoms with E-state index in [0.717, 1.165) is 12.8 Å². The number of halogens is 2. The molecule has 1 amide bonds. The summed E-state index contributed by atoms with van der Waals surface area (Å²) in [5, 5.41) is 6.87. The zero-order chi connectivity index (χ0) is 15.9. The average molecular weight is 338 g/mol. The summed E-state index contributed by atoms with van der Waals surface area (Å²) in [6, 6.07) is 7.05. The Bertz CT molecular complexity index is 662. The molecule has 1 heterocycles. The number of pyridine rings is 1. The molecule has 22 heavy (non-hydrogen) atoms. The van der Waals surface area contributed by atoms with Crippen LogP contribution in [0.1, 0.15) is 30.1 Å². The van der Waals surface area contributed by atoms with Gasteiger partial charge in [-0.05, 0) is 24.6 Å². The van der Waals surface area contributed by atoms with E-state index in [-0.39, 0.29) is 5.91 Å². The number of benzene rings is 1. The van der Waals surface area contributed by atoms with Gasteiger partial charge in [0.05, 0.1) is 33.2 Å². The van der Waals surface area contributed by atoms with E-state index in [1.54, 1.807) is 24.4 Å². The van der Waals surface area contributed by atoms with Gasteiger partial charge < -0.3 is 10.6 Å². The molecule has 0 bridgehead atoms. The molecule has 0 aliphatic carbocycles. The fraction of sp³-hybridized carbons (Fsp3) is 0.250. The summed E-state index contributed by atoms with van der Waals surface area (Å²) in [5.74, 6) is -0.137. The van der Waals surface area contributed by atoms with Crippen LogP contribution in [0.4, 0.5) is 11.4 Å². The van der Waals surface area contributed by atoms with Crippen LogP contribution in [-0.2, 0) is 0 Å². The van der Waals surface area contributed by atoms with Crippen LogP contribution < -0.4 is 10.6 Å². The summed E-state index contributed by atoms with van der Waals surface area (Å²) in [6.07, 6.45) is 5.15. The molecule has 6 heteroatoms. The van der Waals surface area contributed by atoms with Gasteiger partial charge in [-0.15, -0.1) is 0 Å². The quantitative estimate of drug-likeness (QED) is 0.753. The predicted molar refractivity (Wildman–Crippen MR) is 91.2 cm³/mol. The van der Waals surface area contributed by atoms with Crippen LogP contribution in [0.25, 0.3) is 0 Å². The first-order chi connectivity index (χ1) is 10.6. The van der Waals surface area contributed by atoms with Crippen molar-refractivity contribution in [1.82, 2.24) is 10.3 Å². The van der Waals surface area contributed by atoms with Gasteiger partial charge in [0.15, 0.2) is 0 Å². The lowest BCUT2D eigenvalue weighted by Crippen LogP contribution is -2.24. The molecule has 2 rings (SSSR count). The Morgan fingerprint density at radius 1 is 1.27 bits per heavy atom. The zero-order valence-corrected chi connectivity index (χ0v) is 13.7. The molecule has 2 aromatic rings. The first-order valence-electron chi connectivity index (χ1n) is 7.06. The minimum absolute atomic E-state index is 0.137. The monoisotopic (exact) mass is 337 g/mol. The zero-order valence-electron chi connectivity index (χ0n) is 12.2. The van der Waals surface area contributed by atoms with Crippen molar-refractivity contribution in [3.63, 3.8) is 0 Å². The summed E-state index contributed by atoms with van der Waals surface area (Å²) in [6.45, 7) is 2.74. The maximum absolute atomic E-state index is 12.0. The Morgan fingerprint density at radius 3 is 2.86 bits per heavy atom. The highest BCUT2D eigenvalue weighted by Crippen LogP contribution is 2.31. The van der Waals surface area contributed by atoms with E-state index in [2.05, 4.69) is 22.5 Å². The van der Waals surface area contributed by atoms with Crippen molar-refractivity contribution in [3.8, 4) is 0 Å². The van der Waals surface area contributed by atoms with E-state index in [0.29, 0.717) is 33.5 Å². The van der Waals surface area contributed by atoms with Crippen LogP contribution in [0.3, 0.4) is 0 Å². The fourth-order valence-electron chi connectivity index (χ4n) is 1.87. The molecular formula is C16H17Cl2N3O. The molecule has 116 valence electrons. The van der Waals surface area contributed by atoms with Crippen molar-refractivity contribution in [2.24, 2.45) is 0 Å². The molecule has 4 nitrogen and oxygen atoms in total. The molecule has 0 spiro atoms. The Balaban J connectivity index is 2.11. The third kappa shape index (κ3) is 4.36. The van der Waals surface area contributed by atoms with Gasteiger partial charge in [0, 0.05) is 12.7 Å². The van der Waals surface area contributed by atoms with Gasteiger partial charge in [0.1, 0.15) is 0 Å². The highest BCUT2D eigenvalue weighted by atomic mass is 35.5. The predicted octanol–water partition coefficient (Wildman–Crippen LogP) is 4.66. The lowest BCUT2D eigenvalue weighted by molar-refractivity contribution is 0.0953. The number of hydrogen-bond acceptors (Lipinski definition) is 3. The van der Waals surface area contributed by atoms with Gasteiger partial charge in [-0.1, -0.05) is 42.6 Å². The largest absolute Gasteiger partial charge is 0.353 e. The molecular weight excluding hydrogens is 321 g/mol. The van der Waals surface area contributed by atoms with Crippen molar-refractivity contribution in [2.75, 3.05) is 11.9 Å². The van der Waals surface area contributed by atoms with E-state index in [4.69, 9.17) is 23.2 Å². The van der Waals surface area contributed by atoms with Crippen LogP contribution in [0.2, 0.25) is 10.0 Å². The summed E-state index contributed by atoms with van der Waals surface area (Å²) in [5.41, 5.74) is 1.84. The molecule has 0 atom stereocenters. The maximum Gasteiger partial charge on any atom is 0.252 e. The number of unbranched alkanes of at least 4 members (excludes halogenated alkanes) is 1. The third-order valence-electron chi connectivity index (χ3n) is 3.05. The summed E-state index contributed by atoms with van der Waals surface area (Å²) in [4.78, 5) is 16.1. The van der Waals surface area contributed by atoms with Crippen LogP contribution in [0.15, 0.2) is 36.7 Å². The van der Waals surface area contributed by atoms with Gasteiger partial charge >= 0.3 is 0 Å². The molecule has 0 aliphatic rings. The maximum atomic E-state index is 12.0. The van der Waals surface area contributed by atoms with Crippen LogP contribution in [0.5, 0.6) is 0 Å². The number of nitrogens with one attached hydrogen (secondary N) is 2. The van der Waals surface area contributed by atoms with Gasteiger partial charge in [-0.2, -0.15) is 0 Å². The number of nitrogens with zero attached hydrogens (tertiary/aromatic N) is 1. The molecule has 0 fully saturated rings. The highest BCUT2D eigenvalue weighted by molar-refractivity contribution is 6.43. The minimum atomic E-state index is -0.137. The summed E-state index contributed by atoms with van der Waals surface area (Å²) >= 11 is 12.1. The number of carbonyl (C=O) groups is 1. The molecule has 0 radical (unpaired) electrons.